The lowest BCUT2D eigenvalue weighted by atomic mass is 9.94. The summed E-state index contributed by atoms with van der Waals surface area (Å²) in [4.78, 5) is 14.5. The van der Waals surface area contributed by atoms with Crippen LogP contribution in [0, 0.1) is 11.8 Å². The van der Waals surface area contributed by atoms with Gasteiger partial charge in [0.2, 0.25) is 5.91 Å². The van der Waals surface area contributed by atoms with E-state index in [-0.39, 0.29) is 5.92 Å². The van der Waals surface area contributed by atoms with Crippen LogP contribution in [-0.4, -0.2) is 30.4 Å². The van der Waals surface area contributed by atoms with Crippen LogP contribution >= 0.6 is 0 Å². The number of hydrogen-bond donors (Lipinski definition) is 1. The summed E-state index contributed by atoms with van der Waals surface area (Å²) in [6, 6.07) is 8.47. The number of rotatable bonds is 1. The normalized spacial score (nSPS) is 27.1. The molecule has 0 aliphatic carbocycles. The van der Waals surface area contributed by atoms with Gasteiger partial charge < -0.3 is 10.2 Å². The Labute approximate surface area is 108 Å². The molecule has 2 unspecified atom stereocenters. The Morgan fingerprint density at radius 3 is 2.78 bits per heavy atom. The van der Waals surface area contributed by atoms with Gasteiger partial charge in [0.15, 0.2) is 0 Å². The van der Waals surface area contributed by atoms with E-state index in [1.807, 2.05) is 4.90 Å². The molecule has 2 aliphatic rings. The summed E-state index contributed by atoms with van der Waals surface area (Å²) in [5.74, 6) is 0.979. The Bertz CT molecular complexity index is 458. The molecule has 3 rings (SSSR count). The fraction of sp³-hybridized carbons (Fsp3) is 0.533. The first-order chi connectivity index (χ1) is 8.75. The van der Waals surface area contributed by atoms with E-state index in [9.17, 15) is 4.79 Å². The zero-order valence-corrected chi connectivity index (χ0v) is 10.9. The van der Waals surface area contributed by atoms with Crippen LogP contribution in [0.5, 0.6) is 0 Å². The topological polar surface area (TPSA) is 32.3 Å². The second-order valence-corrected chi connectivity index (χ2v) is 5.52. The smallest absolute Gasteiger partial charge is 0.227 e. The van der Waals surface area contributed by atoms with Gasteiger partial charge in [-0.2, -0.15) is 0 Å². The van der Waals surface area contributed by atoms with Crippen molar-refractivity contribution in [1.82, 2.24) is 10.2 Å². The molecule has 2 atom stereocenters. The van der Waals surface area contributed by atoms with Crippen molar-refractivity contribution in [2.24, 2.45) is 11.8 Å². The maximum Gasteiger partial charge on any atom is 0.227 e. The maximum atomic E-state index is 12.5. The summed E-state index contributed by atoms with van der Waals surface area (Å²) in [5, 5.41) is 3.31. The number of benzene rings is 1. The third-order valence-corrected chi connectivity index (χ3v) is 4.28. The highest BCUT2D eigenvalue weighted by Crippen LogP contribution is 2.24. The highest BCUT2D eigenvalue weighted by molar-refractivity contribution is 5.80. The predicted octanol–water partition coefficient (Wildman–Crippen LogP) is 1.43. The maximum absolute atomic E-state index is 12.5. The molecule has 1 aromatic rings. The van der Waals surface area contributed by atoms with Crippen molar-refractivity contribution >= 4 is 5.91 Å². The average Bonchev–Trinajstić information content (AvgIpc) is 2.83. The molecule has 1 amide bonds. The third kappa shape index (κ3) is 2.03. The molecule has 0 radical (unpaired) electrons. The summed E-state index contributed by atoms with van der Waals surface area (Å²) in [6.07, 6.45) is 0.996. The third-order valence-electron chi connectivity index (χ3n) is 4.28. The predicted molar refractivity (Wildman–Crippen MR) is 71.1 cm³/mol. The molecular formula is C15H20N2O. The van der Waals surface area contributed by atoms with Crippen LogP contribution in [0.25, 0.3) is 0 Å². The Morgan fingerprint density at radius 1 is 1.28 bits per heavy atom. The highest BCUT2D eigenvalue weighted by Gasteiger charge is 2.33. The second-order valence-electron chi connectivity index (χ2n) is 5.52. The fourth-order valence-corrected chi connectivity index (χ4v) is 3.06. The van der Waals surface area contributed by atoms with E-state index < -0.39 is 0 Å². The number of amides is 1. The Kier molecular flexibility index (Phi) is 3.08. The van der Waals surface area contributed by atoms with E-state index in [1.54, 1.807) is 0 Å². The van der Waals surface area contributed by atoms with Crippen LogP contribution in [0.3, 0.4) is 0 Å². The minimum absolute atomic E-state index is 0.176. The van der Waals surface area contributed by atoms with E-state index in [0.717, 1.165) is 32.6 Å². The van der Waals surface area contributed by atoms with Gasteiger partial charge in [-0.15, -0.1) is 0 Å². The quantitative estimate of drug-likeness (QED) is 0.810. The van der Waals surface area contributed by atoms with Gasteiger partial charge in [0.05, 0.1) is 5.92 Å². The molecule has 0 spiro atoms. The summed E-state index contributed by atoms with van der Waals surface area (Å²) in [6.45, 7) is 5.65. The Balaban J connectivity index is 1.74. The van der Waals surface area contributed by atoms with Crippen LogP contribution in [0.1, 0.15) is 18.1 Å². The average molecular weight is 244 g/mol. The molecule has 2 heterocycles. The van der Waals surface area contributed by atoms with Gasteiger partial charge in [-0.25, -0.2) is 0 Å². The summed E-state index contributed by atoms with van der Waals surface area (Å²) in [7, 11) is 0. The van der Waals surface area contributed by atoms with Crippen LogP contribution in [0.2, 0.25) is 0 Å². The molecule has 0 aromatic heterocycles. The minimum Gasteiger partial charge on any atom is -0.338 e. The molecule has 0 bridgehead atoms. The number of carbonyl (C=O) groups is 1. The van der Waals surface area contributed by atoms with Crippen molar-refractivity contribution in [3.63, 3.8) is 0 Å². The van der Waals surface area contributed by atoms with E-state index in [0.29, 0.717) is 11.8 Å². The van der Waals surface area contributed by atoms with Gasteiger partial charge >= 0.3 is 0 Å². The molecule has 1 aromatic carbocycles. The minimum atomic E-state index is 0.176. The van der Waals surface area contributed by atoms with E-state index in [4.69, 9.17) is 0 Å². The summed E-state index contributed by atoms with van der Waals surface area (Å²) in [5.41, 5.74) is 2.72. The van der Waals surface area contributed by atoms with Crippen molar-refractivity contribution in [2.45, 2.75) is 19.9 Å². The second kappa shape index (κ2) is 4.73. The van der Waals surface area contributed by atoms with Crippen LogP contribution in [0.4, 0.5) is 0 Å². The molecule has 2 aliphatic heterocycles. The number of nitrogens with zero attached hydrogens (tertiary/aromatic N) is 1. The van der Waals surface area contributed by atoms with Gasteiger partial charge in [0, 0.05) is 19.6 Å². The lowest BCUT2D eigenvalue weighted by Crippen LogP contribution is -2.41. The number of nitrogens with one attached hydrogen (secondary N) is 1. The SMILES string of the molecule is CC1CNCC1C(=O)N1CCc2ccccc2C1. The summed E-state index contributed by atoms with van der Waals surface area (Å²) < 4.78 is 0. The molecule has 3 heteroatoms. The van der Waals surface area contributed by atoms with Crippen LogP contribution in [0.15, 0.2) is 24.3 Å². The molecule has 1 saturated heterocycles. The van der Waals surface area contributed by atoms with Crippen molar-refractivity contribution in [3.8, 4) is 0 Å². The lowest BCUT2D eigenvalue weighted by Gasteiger charge is -2.31. The lowest BCUT2D eigenvalue weighted by molar-refractivity contribution is -0.136. The molecule has 1 fully saturated rings. The van der Waals surface area contributed by atoms with Gasteiger partial charge in [0.1, 0.15) is 0 Å². The van der Waals surface area contributed by atoms with Crippen molar-refractivity contribution in [1.29, 1.82) is 0 Å². The van der Waals surface area contributed by atoms with E-state index in [2.05, 4.69) is 36.5 Å². The first-order valence-corrected chi connectivity index (χ1v) is 6.82. The first-order valence-electron chi connectivity index (χ1n) is 6.82. The first kappa shape index (κ1) is 11.7. The molecule has 1 N–H and O–H groups in total. The van der Waals surface area contributed by atoms with Crippen LogP contribution < -0.4 is 5.32 Å². The monoisotopic (exact) mass is 244 g/mol. The molecule has 3 nitrogen and oxygen atoms in total. The van der Waals surface area contributed by atoms with Crippen molar-refractivity contribution < 1.29 is 4.79 Å². The molecule has 96 valence electrons. The van der Waals surface area contributed by atoms with Crippen LogP contribution in [-0.2, 0) is 17.8 Å². The zero-order valence-electron chi connectivity index (χ0n) is 10.9. The van der Waals surface area contributed by atoms with Crippen molar-refractivity contribution in [2.75, 3.05) is 19.6 Å². The molecule has 0 saturated carbocycles. The van der Waals surface area contributed by atoms with E-state index in [1.165, 1.54) is 11.1 Å². The number of carbonyl (C=O) groups excluding carboxylic acids is 1. The molecular weight excluding hydrogens is 224 g/mol. The zero-order chi connectivity index (χ0) is 12.5. The van der Waals surface area contributed by atoms with Gasteiger partial charge in [-0.3, -0.25) is 4.79 Å². The summed E-state index contributed by atoms with van der Waals surface area (Å²) >= 11 is 0. The van der Waals surface area contributed by atoms with E-state index >= 15 is 0 Å². The number of hydrogen-bond acceptors (Lipinski definition) is 2. The molecule has 18 heavy (non-hydrogen) atoms. The Morgan fingerprint density at radius 2 is 2.06 bits per heavy atom. The van der Waals surface area contributed by atoms with Gasteiger partial charge in [0.25, 0.3) is 0 Å². The Hall–Kier alpha value is -1.35. The fourth-order valence-electron chi connectivity index (χ4n) is 3.06. The largest absolute Gasteiger partial charge is 0.338 e. The van der Waals surface area contributed by atoms with Gasteiger partial charge in [-0.05, 0) is 30.0 Å². The van der Waals surface area contributed by atoms with Crippen molar-refractivity contribution in [3.05, 3.63) is 35.4 Å². The highest BCUT2D eigenvalue weighted by atomic mass is 16.2. The van der Waals surface area contributed by atoms with Gasteiger partial charge in [-0.1, -0.05) is 31.2 Å². The number of fused-ring (bicyclic) bond motifs is 1. The standard InChI is InChI=1S/C15H20N2O/c1-11-8-16-9-14(11)15(18)17-7-6-12-4-2-3-5-13(12)10-17/h2-5,11,14,16H,6-10H2,1H3.